The van der Waals surface area contributed by atoms with Crippen molar-refractivity contribution in [1.29, 1.82) is 26.3 Å². The van der Waals surface area contributed by atoms with Crippen molar-refractivity contribution in [2.24, 2.45) is 0 Å². The Balaban J connectivity index is 1.77. The third-order valence-corrected chi connectivity index (χ3v) is 6.16. The number of aromatic nitrogens is 6. The average molecular weight is 562 g/mol. The van der Waals surface area contributed by atoms with E-state index in [2.05, 4.69) is 44.4 Å². The Morgan fingerprint density at radius 3 is 1.66 bits per heavy atom. The zero-order chi connectivity index (χ0) is 31.4. The molecule has 0 spiro atoms. The molecule has 4 aromatic heterocycles. The largest absolute Gasteiger partial charge is 0.394 e. The average Bonchev–Trinajstić information content (AvgIpc) is 3.08. The van der Waals surface area contributed by atoms with E-state index in [0.29, 0.717) is 21.8 Å². The minimum atomic E-state index is -0.400. The van der Waals surface area contributed by atoms with Gasteiger partial charge in [-0.1, -0.05) is 17.6 Å². The number of hydrogen-bond acceptors (Lipinski definition) is 11. The van der Waals surface area contributed by atoms with Gasteiger partial charge in [0.15, 0.2) is 6.07 Å². The number of hydrogen-bond donors (Lipinski definition) is 0. The fourth-order valence-corrected chi connectivity index (χ4v) is 4.35. The van der Waals surface area contributed by atoms with Gasteiger partial charge in [0.2, 0.25) is 17.1 Å². The molecule has 5 aromatic rings. The van der Waals surface area contributed by atoms with E-state index < -0.39 is 5.95 Å². The van der Waals surface area contributed by atoms with Crippen molar-refractivity contribution < 1.29 is 0 Å². The van der Waals surface area contributed by atoms with Gasteiger partial charge in [-0.25, -0.2) is 9.83 Å². The van der Waals surface area contributed by atoms with E-state index in [-0.39, 0.29) is 61.8 Å². The molecule has 0 atom stereocenters. The molecule has 0 amide bonds. The van der Waals surface area contributed by atoms with Gasteiger partial charge < -0.3 is 9.69 Å². The first-order valence-corrected chi connectivity index (χ1v) is 11.9. The van der Waals surface area contributed by atoms with Gasteiger partial charge in [0.1, 0.15) is 30.0 Å². The normalized spacial score (nSPS) is 11.3. The lowest BCUT2D eigenvalue weighted by Crippen LogP contribution is -2.15. The minimum absolute atomic E-state index is 0.128. The van der Waals surface area contributed by atoms with Crippen molar-refractivity contribution in [3.63, 3.8) is 0 Å². The molecule has 0 radical (unpaired) electrons. The molecule has 196 valence electrons. The molecule has 44 heavy (non-hydrogen) atoms. The first-order chi connectivity index (χ1) is 21.4. The summed E-state index contributed by atoms with van der Waals surface area (Å²) in [5.41, 5.74) is -0.579. The molecule has 0 aliphatic heterocycles. The summed E-state index contributed by atoms with van der Waals surface area (Å²) in [6.45, 7) is 22.3. The van der Waals surface area contributed by atoms with Gasteiger partial charge in [-0.3, -0.25) is 4.98 Å². The summed E-state index contributed by atoms with van der Waals surface area (Å²) in [6.07, 6.45) is 0. The Labute approximate surface area is 246 Å². The number of rotatable bonds is 2. The number of pyridine rings is 2. The van der Waals surface area contributed by atoms with Crippen molar-refractivity contribution in [3.8, 4) is 30.3 Å². The fourth-order valence-electron chi connectivity index (χ4n) is 4.35. The van der Waals surface area contributed by atoms with Crippen LogP contribution in [0.4, 0.5) is 11.8 Å². The smallest absolute Gasteiger partial charge is 0.374 e. The second kappa shape index (κ2) is 11.2. The molecule has 0 fully saturated rings. The standard InChI is InChI=1S/C30H6N14/c1-36-28(27-24(13-34)41-25(14-35)44-29(27)37-2)21-7-5-16-15-4-6-20(39-18(15)8-9-19(16)40-21)17(10-31)26-22(11-32)42-30(38-3)43-23(26)12-33/h4-9H/b20-17-,28-21-. The van der Waals surface area contributed by atoms with Crippen LogP contribution in [0, 0.1) is 76.4 Å². The van der Waals surface area contributed by atoms with Crippen LogP contribution in [0.2, 0.25) is 0 Å². The third kappa shape index (κ3) is 4.43. The summed E-state index contributed by atoms with van der Waals surface area (Å²) in [7, 11) is 0. The van der Waals surface area contributed by atoms with Crippen LogP contribution < -0.4 is 10.7 Å². The van der Waals surface area contributed by atoms with Crippen molar-refractivity contribution in [2.75, 3.05) is 0 Å². The molecule has 0 saturated carbocycles. The highest BCUT2D eigenvalue weighted by atomic mass is 15.0. The van der Waals surface area contributed by atoms with Crippen LogP contribution in [0.5, 0.6) is 0 Å². The number of fused-ring (bicyclic) bond motifs is 3. The van der Waals surface area contributed by atoms with Crippen molar-refractivity contribution >= 4 is 44.8 Å². The Kier molecular flexibility index (Phi) is 6.95. The Morgan fingerprint density at radius 2 is 1.16 bits per heavy atom. The van der Waals surface area contributed by atoms with E-state index in [0.717, 1.165) is 0 Å². The summed E-state index contributed by atoms with van der Waals surface area (Å²) in [5.74, 6) is -1.10. The molecule has 0 N–H and O–H groups in total. The monoisotopic (exact) mass is 562 g/mol. The van der Waals surface area contributed by atoms with Crippen molar-refractivity contribution in [3.05, 3.63) is 115 Å². The molecular weight excluding hydrogens is 556 g/mol. The van der Waals surface area contributed by atoms with E-state index in [9.17, 15) is 21.0 Å². The van der Waals surface area contributed by atoms with Gasteiger partial charge in [0.25, 0.3) is 5.82 Å². The lowest BCUT2D eigenvalue weighted by molar-refractivity contribution is 1.09. The Hall–Kier alpha value is -8.14. The van der Waals surface area contributed by atoms with Crippen molar-refractivity contribution in [2.45, 2.75) is 0 Å². The maximum Gasteiger partial charge on any atom is 0.374 e. The van der Waals surface area contributed by atoms with E-state index >= 15 is 0 Å². The highest BCUT2D eigenvalue weighted by Crippen LogP contribution is 2.28. The fraction of sp³-hybridized carbons (Fsp3) is 0. The molecule has 14 heteroatoms. The number of nitrogens with zero attached hydrogens (tertiary/aromatic N) is 14. The molecule has 5 rings (SSSR count). The zero-order valence-corrected chi connectivity index (χ0v) is 21.7. The summed E-state index contributed by atoms with van der Waals surface area (Å²) in [6, 6.07) is 18.7. The van der Waals surface area contributed by atoms with E-state index in [4.69, 9.17) is 25.0 Å². The minimum Gasteiger partial charge on any atom is -0.394 e. The third-order valence-electron chi connectivity index (χ3n) is 6.16. The molecule has 14 nitrogen and oxygen atoms in total. The first kappa shape index (κ1) is 27.4. The number of benzene rings is 1. The van der Waals surface area contributed by atoms with Gasteiger partial charge in [0.05, 0.1) is 39.4 Å². The zero-order valence-electron chi connectivity index (χ0n) is 21.7. The predicted octanol–water partition coefficient (Wildman–Crippen LogP) is 2.75. The van der Waals surface area contributed by atoms with E-state index in [1.807, 2.05) is 24.3 Å². The Bertz CT molecular complexity index is 2350. The second-order valence-corrected chi connectivity index (χ2v) is 8.40. The number of nitriles is 5. The van der Waals surface area contributed by atoms with Crippen LogP contribution in [0.15, 0.2) is 36.4 Å². The summed E-state index contributed by atoms with van der Waals surface area (Å²) < 4.78 is 0. The lowest BCUT2D eigenvalue weighted by atomic mass is 10.0. The molecule has 0 unspecified atom stereocenters. The van der Waals surface area contributed by atoms with Gasteiger partial charge in [-0.15, -0.1) is 16.5 Å². The SMILES string of the molecule is [C-]#[N+]/C(c1c(C#N)nc(C#N)nc1[N+]#[C-])=c1/ccc2c(ccc3n/c(=C(/C#N)c4c(C#N)nc([N+]#[C-])nc4C#N)ccc32)n1. The summed E-state index contributed by atoms with van der Waals surface area (Å²) in [5, 5.41) is 49.5. The van der Waals surface area contributed by atoms with Crippen LogP contribution in [0.3, 0.4) is 0 Å². The quantitative estimate of drug-likeness (QED) is 0.225. The summed E-state index contributed by atoms with van der Waals surface area (Å²) >= 11 is 0. The van der Waals surface area contributed by atoms with Gasteiger partial charge in [-0.05, 0) is 30.3 Å². The Morgan fingerprint density at radius 1 is 0.591 bits per heavy atom. The topological polar surface area (TPSA) is 209 Å². The van der Waals surface area contributed by atoms with Crippen LogP contribution in [0.25, 0.3) is 47.6 Å². The highest BCUT2D eigenvalue weighted by molar-refractivity contribution is 6.04. The molecule has 1 aromatic carbocycles. The maximum atomic E-state index is 9.99. The molecule has 0 bridgehead atoms. The molecule has 4 heterocycles. The van der Waals surface area contributed by atoms with Gasteiger partial charge in [-0.2, -0.15) is 31.3 Å². The summed E-state index contributed by atoms with van der Waals surface area (Å²) in [4.78, 5) is 34.3. The van der Waals surface area contributed by atoms with Gasteiger partial charge >= 0.3 is 11.8 Å². The van der Waals surface area contributed by atoms with Crippen molar-refractivity contribution in [1.82, 2.24) is 29.9 Å². The van der Waals surface area contributed by atoms with Crippen LogP contribution in [0.1, 0.15) is 34.0 Å². The van der Waals surface area contributed by atoms with Gasteiger partial charge in [0, 0.05) is 16.3 Å². The lowest BCUT2D eigenvalue weighted by Gasteiger charge is -2.06. The van der Waals surface area contributed by atoms with E-state index in [1.54, 1.807) is 30.3 Å². The maximum absolute atomic E-state index is 9.99. The highest BCUT2D eigenvalue weighted by Gasteiger charge is 2.23. The molecule has 0 aliphatic rings. The van der Waals surface area contributed by atoms with Crippen LogP contribution in [-0.2, 0) is 0 Å². The van der Waals surface area contributed by atoms with Crippen LogP contribution in [-0.4, -0.2) is 29.9 Å². The molecule has 0 saturated heterocycles. The molecule has 0 aliphatic carbocycles. The first-order valence-electron chi connectivity index (χ1n) is 11.9. The molecular formula is C30H6N14. The van der Waals surface area contributed by atoms with Crippen LogP contribution >= 0.6 is 0 Å². The van der Waals surface area contributed by atoms with E-state index in [1.165, 1.54) is 12.1 Å². The predicted molar refractivity (Wildman–Crippen MR) is 149 cm³/mol. The second-order valence-electron chi connectivity index (χ2n) is 8.40.